The van der Waals surface area contributed by atoms with Crippen molar-refractivity contribution in [1.82, 2.24) is 15.1 Å². The third-order valence-electron chi connectivity index (χ3n) is 5.08. The van der Waals surface area contributed by atoms with Crippen molar-refractivity contribution in [3.63, 3.8) is 0 Å². The number of hydrogen-bond acceptors (Lipinski definition) is 4. The van der Waals surface area contributed by atoms with E-state index in [1.54, 1.807) is 0 Å². The van der Waals surface area contributed by atoms with Gasteiger partial charge in [-0.2, -0.15) is 5.10 Å². The normalized spacial score (nSPS) is 13.9. The van der Waals surface area contributed by atoms with E-state index in [9.17, 15) is 0 Å². The number of H-pyrrole nitrogens is 1. The Kier molecular flexibility index (Phi) is 5.63. The van der Waals surface area contributed by atoms with Crippen LogP contribution < -0.4 is 9.47 Å². The van der Waals surface area contributed by atoms with Crippen LogP contribution in [0.2, 0.25) is 0 Å². The van der Waals surface area contributed by atoms with Crippen molar-refractivity contribution in [2.75, 3.05) is 19.8 Å². The van der Waals surface area contributed by atoms with Crippen molar-refractivity contribution in [1.29, 1.82) is 0 Å². The molecule has 2 aromatic carbocycles. The summed E-state index contributed by atoms with van der Waals surface area (Å²) in [5.41, 5.74) is 5.85. The van der Waals surface area contributed by atoms with Gasteiger partial charge in [0.05, 0.1) is 13.2 Å². The van der Waals surface area contributed by atoms with E-state index in [1.165, 1.54) is 16.8 Å². The Labute approximate surface area is 166 Å². The van der Waals surface area contributed by atoms with Crippen molar-refractivity contribution in [3.8, 4) is 22.8 Å². The van der Waals surface area contributed by atoms with Crippen molar-refractivity contribution in [3.05, 3.63) is 65.4 Å². The molecule has 0 radical (unpaired) electrons. The predicted molar refractivity (Wildman–Crippen MR) is 111 cm³/mol. The highest BCUT2D eigenvalue weighted by molar-refractivity contribution is 5.72. The zero-order valence-corrected chi connectivity index (χ0v) is 16.6. The molecule has 3 aromatic rings. The minimum Gasteiger partial charge on any atom is -0.494 e. The Bertz CT molecular complexity index is 921. The Morgan fingerprint density at radius 2 is 1.86 bits per heavy atom. The van der Waals surface area contributed by atoms with E-state index in [4.69, 9.17) is 9.47 Å². The second kappa shape index (κ2) is 8.48. The minimum atomic E-state index is 0.606. The van der Waals surface area contributed by atoms with Gasteiger partial charge in [-0.05, 0) is 31.5 Å². The molecule has 0 unspecified atom stereocenters. The summed E-state index contributed by atoms with van der Waals surface area (Å²) in [4.78, 5) is 2.48. The van der Waals surface area contributed by atoms with Gasteiger partial charge in [-0.25, -0.2) is 0 Å². The molecular formula is C23H27N3O2. The molecule has 0 spiro atoms. The highest BCUT2D eigenvalue weighted by Gasteiger charge is 2.24. The summed E-state index contributed by atoms with van der Waals surface area (Å²) in [6.45, 7) is 8.09. The molecule has 5 nitrogen and oxygen atoms in total. The maximum absolute atomic E-state index is 5.91. The standard InChI is InChI=1S/C23H27N3O2/c1-3-27-18-10-11-19(22(14-18)28-4-2)23-20-16-26(13-12-21(20)24-25-23)15-17-8-6-5-7-9-17/h5-11,14H,3-4,12-13,15-16H2,1-2H3,(H,24,25). The maximum atomic E-state index is 5.91. The molecule has 0 fully saturated rings. The number of aromatic amines is 1. The van der Waals surface area contributed by atoms with Crippen LogP contribution in [-0.4, -0.2) is 34.9 Å². The van der Waals surface area contributed by atoms with Gasteiger partial charge < -0.3 is 9.47 Å². The van der Waals surface area contributed by atoms with Gasteiger partial charge in [0, 0.05) is 48.9 Å². The van der Waals surface area contributed by atoms with E-state index in [1.807, 2.05) is 26.0 Å². The predicted octanol–water partition coefficient (Wildman–Crippen LogP) is 4.43. The molecule has 1 aromatic heterocycles. The van der Waals surface area contributed by atoms with Gasteiger partial charge in [-0.3, -0.25) is 10.00 Å². The number of benzene rings is 2. The first kappa shape index (κ1) is 18.6. The fraction of sp³-hybridized carbons (Fsp3) is 0.348. The van der Waals surface area contributed by atoms with E-state index in [0.29, 0.717) is 13.2 Å². The molecule has 0 bridgehead atoms. The number of fused-ring (bicyclic) bond motifs is 1. The lowest BCUT2D eigenvalue weighted by Crippen LogP contribution is -2.30. The van der Waals surface area contributed by atoms with E-state index < -0.39 is 0 Å². The number of nitrogens with zero attached hydrogens (tertiary/aromatic N) is 2. The third kappa shape index (κ3) is 3.90. The Morgan fingerprint density at radius 1 is 1.04 bits per heavy atom. The number of aromatic nitrogens is 2. The molecule has 1 N–H and O–H groups in total. The van der Waals surface area contributed by atoms with Crippen molar-refractivity contribution in [2.24, 2.45) is 0 Å². The zero-order valence-electron chi connectivity index (χ0n) is 16.6. The molecule has 0 aliphatic carbocycles. The highest BCUT2D eigenvalue weighted by Crippen LogP contribution is 2.37. The average molecular weight is 377 g/mol. The molecule has 1 aliphatic rings. The molecule has 0 saturated carbocycles. The minimum absolute atomic E-state index is 0.606. The van der Waals surface area contributed by atoms with Crippen molar-refractivity contribution >= 4 is 0 Å². The molecule has 2 heterocycles. The monoisotopic (exact) mass is 377 g/mol. The molecule has 146 valence electrons. The maximum Gasteiger partial charge on any atom is 0.132 e. The van der Waals surface area contributed by atoms with Crippen LogP contribution in [0.4, 0.5) is 0 Å². The second-order valence-corrected chi connectivity index (χ2v) is 7.00. The van der Waals surface area contributed by atoms with Gasteiger partial charge in [-0.1, -0.05) is 30.3 Å². The largest absolute Gasteiger partial charge is 0.494 e. The first-order valence-electron chi connectivity index (χ1n) is 10.0. The van der Waals surface area contributed by atoms with Gasteiger partial charge >= 0.3 is 0 Å². The highest BCUT2D eigenvalue weighted by atomic mass is 16.5. The molecule has 0 amide bonds. The Hall–Kier alpha value is -2.79. The van der Waals surface area contributed by atoms with E-state index >= 15 is 0 Å². The lowest BCUT2D eigenvalue weighted by molar-refractivity contribution is 0.245. The van der Waals surface area contributed by atoms with Crippen LogP contribution in [-0.2, 0) is 19.5 Å². The van der Waals surface area contributed by atoms with E-state index in [-0.39, 0.29) is 0 Å². The van der Waals surface area contributed by atoms with Crippen LogP contribution >= 0.6 is 0 Å². The molecule has 4 rings (SSSR count). The summed E-state index contributed by atoms with van der Waals surface area (Å²) in [5.74, 6) is 1.65. The third-order valence-corrected chi connectivity index (χ3v) is 5.08. The summed E-state index contributed by atoms with van der Waals surface area (Å²) in [5, 5.41) is 7.91. The Morgan fingerprint density at radius 3 is 2.64 bits per heavy atom. The summed E-state index contributed by atoms with van der Waals surface area (Å²) in [6, 6.07) is 16.7. The fourth-order valence-corrected chi connectivity index (χ4v) is 3.78. The first-order chi connectivity index (χ1) is 13.8. The fourth-order valence-electron chi connectivity index (χ4n) is 3.78. The van der Waals surface area contributed by atoms with E-state index in [0.717, 1.165) is 48.8 Å². The molecule has 0 saturated heterocycles. The van der Waals surface area contributed by atoms with E-state index in [2.05, 4.69) is 51.5 Å². The SMILES string of the molecule is CCOc1ccc(-c2n[nH]c3c2CN(Cc2ccccc2)CC3)c(OCC)c1. The van der Waals surface area contributed by atoms with Crippen LogP contribution in [0.5, 0.6) is 11.5 Å². The van der Waals surface area contributed by atoms with Gasteiger partial charge in [0.25, 0.3) is 0 Å². The molecule has 1 aliphatic heterocycles. The number of hydrogen-bond donors (Lipinski definition) is 1. The van der Waals surface area contributed by atoms with Crippen LogP contribution in [0.1, 0.15) is 30.7 Å². The molecule has 0 atom stereocenters. The van der Waals surface area contributed by atoms with Crippen LogP contribution in [0.25, 0.3) is 11.3 Å². The quantitative estimate of drug-likeness (QED) is 0.662. The number of ether oxygens (including phenoxy) is 2. The summed E-state index contributed by atoms with van der Waals surface area (Å²) < 4.78 is 11.6. The summed E-state index contributed by atoms with van der Waals surface area (Å²) in [6.07, 6.45) is 0.982. The smallest absolute Gasteiger partial charge is 0.132 e. The first-order valence-corrected chi connectivity index (χ1v) is 10.0. The van der Waals surface area contributed by atoms with Crippen LogP contribution in [0, 0.1) is 0 Å². The van der Waals surface area contributed by atoms with Gasteiger partial charge in [0.1, 0.15) is 17.2 Å². The van der Waals surface area contributed by atoms with Gasteiger partial charge in [0.2, 0.25) is 0 Å². The summed E-state index contributed by atoms with van der Waals surface area (Å²) in [7, 11) is 0. The topological polar surface area (TPSA) is 50.4 Å². The zero-order chi connectivity index (χ0) is 19.3. The molecule has 5 heteroatoms. The molecule has 28 heavy (non-hydrogen) atoms. The van der Waals surface area contributed by atoms with Crippen LogP contribution in [0.15, 0.2) is 48.5 Å². The van der Waals surface area contributed by atoms with Crippen molar-refractivity contribution < 1.29 is 9.47 Å². The Balaban J connectivity index is 1.62. The lowest BCUT2D eigenvalue weighted by atomic mass is 9.99. The van der Waals surface area contributed by atoms with Gasteiger partial charge in [0.15, 0.2) is 0 Å². The number of nitrogens with one attached hydrogen (secondary N) is 1. The summed E-state index contributed by atoms with van der Waals surface area (Å²) >= 11 is 0. The number of rotatable bonds is 7. The second-order valence-electron chi connectivity index (χ2n) is 7.00. The lowest BCUT2D eigenvalue weighted by Gasteiger charge is -2.27. The van der Waals surface area contributed by atoms with Crippen molar-refractivity contribution in [2.45, 2.75) is 33.4 Å². The molecular weight excluding hydrogens is 350 g/mol. The van der Waals surface area contributed by atoms with Crippen LogP contribution in [0.3, 0.4) is 0 Å². The average Bonchev–Trinajstić information content (AvgIpc) is 3.13. The van der Waals surface area contributed by atoms with Gasteiger partial charge in [-0.15, -0.1) is 0 Å².